The fraction of sp³-hybridized carbons (Fsp3) is 0.348. The first-order valence-electron chi connectivity index (χ1n) is 10.4. The van der Waals surface area contributed by atoms with E-state index in [2.05, 4.69) is 26.1 Å². The van der Waals surface area contributed by atoms with Crippen molar-refractivity contribution in [2.24, 2.45) is 11.8 Å². The molecule has 3 fully saturated rings. The summed E-state index contributed by atoms with van der Waals surface area (Å²) < 4.78 is 0.786. The molecule has 158 valence electrons. The average Bonchev–Trinajstić information content (AvgIpc) is 3.43. The van der Waals surface area contributed by atoms with Crippen LogP contribution in [-0.2, 0) is 19.9 Å². The summed E-state index contributed by atoms with van der Waals surface area (Å²) in [5.41, 5.74) is 1.57. The van der Waals surface area contributed by atoms with Crippen LogP contribution in [0.2, 0.25) is 5.02 Å². The lowest BCUT2D eigenvalue weighted by molar-refractivity contribution is -0.135. The van der Waals surface area contributed by atoms with E-state index in [1.807, 2.05) is 19.1 Å². The Balaban J connectivity index is 1.57. The molecular formula is C23H19BrClN3O3. The van der Waals surface area contributed by atoms with E-state index in [0.717, 1.165) is 28.4 Å². The highest BCUT2D eigenvalue weighted by molar-refractivity contribution is 9.10. The summed E-state index contributed by atoms with van der Waals surface area (Å²) >= 11 is 9.76. The number of amides is 3. The highest BCUT2D eigenvalue weighted by Crippen LogP contribution is 2.61. The number of nitrogens with zero attached hydrogens (tertiary/aromatic N) is 2. The molecule has 0 radical (unpaired) electrons. The Morgan fingerprint density at radius 3 is 2.74 bits per heavy atom. The van der Waals surface area contributed by atoms with Crippen LogP contribution in [0.1, 0.15) is 24.0 Å². The van der Waals surface area contributed by atoms with Crippen molar-refractivity contribution >= 4 is 56.6 Å². The first-order chi connectivity index (χ1) is 14.9. The maximum Gasteiger partial charge on any atom is 0.250 e. The van der Waals surface area contributed by atoms with Gasteiger partial charge in [0.05, 0.1) is 23.2 Å². The van der Waals surface area contributed by atoms with Crippen molar-refractivity contribution in [1.29, 1.82) is 0 Å². The van der Waals surface area contributed by atoms with Gasteiger partial charge < -0.3 is 5.32 Å². The molecule has 0 aromatic heterocycles. The van der Waals surface area contributed by atoms with Crippen molar-refractivity contribution in [2.45, 2.75) is 31.3 Å². The van der Waals surface area contributed by atoms with E-state index in [-0.39, 0.29) is 23.8 Å². The van der Waals surface area contributed by atoms with Crippen LogP contribution in [0.3, 0.4) is 0 Å². The molecule has 4 heterocycles. The largest absolute Gasteiger partial charge is 0.324 e. The number of imide groups is 1. The molecule has 6 rings (SSSR count). The lowest BCUT2D eigenvalue weighted by Crippen LogP contribution is -2.54. The fourth-order valence-corrected chi connectivity index (χ4v) is 6.80. The molecule has 1 N–H and O–H groups in total. The molecule has 2 aromatic rings. The third-order valence-corrected chi connectivity index (χ3v) is 8.33. The molecule has 0 saturated carbocycles. The van der Waals surface area contributed by atoms with E-state index in [9.17, 15) is 14.4 Å². The minimum absolute atomic E-state index is 0.133. The van der Waals surface area contributed by atoms with E-state index in [1.54, 1.807) is 24.3 Å². The minimum atomic E-state index is -1.18. The highest BCUT2D eigenvalue weighted by Gasteiger charge is 2.74. The molecule has 4 aliphatic heterocycles. The standard InChI is InChI=1S/C23H19BrClN3O3/c1-11-15(25)8-7-14-19(11)26-22(31)23(14)18-17(16-6-3-9-27(16)23)20(29)28(21(18)30)13-5-2-4-12(24)10-13/h2,4-5,7-8,10,16-18H,3,6,9H2,1H3,(H,26,31)/t16-,17+,18-,23-/m0/s1. The van der Waals surface area contributed by atoms with Crippen LogP contribution in [0.4, 0.5) is 11.4 Å². The van der Waals surface area contributed by atoms with Gasteiger partial charge in [0.2, 0.25) is 17.7 Å². The predicted molar refractivity (Wildman–Crippen MR) is 120 cm³/mol. The molecule has 2 aromatic carbocycles. The van der Waals surface area contributed by atoms with Crippen LogP contribution in [0.15, 0.2) is 40.9 Å². The van der Waals surface area contributed by atoms with E-state index in [0.29, 0.717) is 22.9 Å². The van der Waals surface area contributed by atoms with Gasteiger partial charge in [-0.1, -0.05) is 39.7 Å². The Kier molecular flexibility index (Phi) is 4.02. The highest BCUT2D eigenvalue weighted by atomic mass is 79.9. The molecule has 6 nitrogen and oxygen atoms in total. The lowest BCUT2D eigenvalue weighted by Gasteiger charge is -2.36. The third-order valence-electron chi connectivity index (χ3n) is 7.43. The van der Waals surface area contributed by atoms with Crippen LogP contribution in [-0.4, -0.2) is 35.2 Å². The maximum absolute atomic E-state index is 13.9. The zero-order chi connectivity index (χ0) is 21.7. The van der Waals surface area contributed by atoms with Crippen LogP contribution < -0.4 is 10.2 Å². The number of nitrogens with one attached hydrogen (secondary N) is 1. The quantitative estimate of drug-likeness (QED) is 0.604. The summed E-state index contributed by atoms with van der Waals surface area (Å²) in [5, 5.41) is 3.57. The maximum atomic E-state index is 13.9. The van der Waals surface area contributed by atoms with Crippen LogP contribution in [0.5, 0.6) is 0 Å². The number of hydrogen-bond donors (Lipinski definition) is 1. The van der Waals surface area contributed by atoms with Crippen molar-refractivity contribution in [2.75, 3.05) is 16.8 Å². The van der Waals surface area contributed by atoms with Gasteiger partial charge in [0, 0.05) is 21.1 Å². The van der Waals surface area contributed by atoms with Gasteiger partial charge >= 0.3 is 0 Å². The number of anilines is 2. The van der Waals surface area contributed by atoms with Gasteiger partial charge in [0.25, 0.3) is 0 Å². The average molecular weight is 501 g/mol. The van der Waals surface area contributed by atoms with Gasteiger partial charge in [-0.05, 0) is 56.1 Å². The lowest BCUT2D eigenvalue weighted by atomic mass is 9.75. The molecule has 3 saturated heterocycles. The van der Waals surface area contributed by atoms with E-state index >= 15 is 0 Å². The molecule has 3 amide bonds. The molecule has 4 aliphatic rings. The monoisotopic (exact) mass is 499 g/mol. The molecular weight excluding hydrogens is 482 g/mol. The van der Waals surface area contributed by atoms with E-state index in [1.165, 1.54) is 4.90 Å². The van der Waals surface area contributed by atoms with Crippen molar-refractivity contribution in [3.63, 3.8) is 0 Å². The number of hydrogen-bond acceptors (Lipinski definition) is 4. The molecule has 0 bridgehead atoms. The second-order valence-electron chi connectivity index (χ2n) is 8.71. The van der Waals surface area contributed by atoms with Crippen LogP contribution in [0, 0.1) is 18.8 Å². The van der Waals surface area contributed by atoms with Crippen molar-refractivity contribution < 1.29 is 14.4 Å². The minimum Gasteiger partial charge on any atom is -0.324 e. The number of fused-ring (bicyclic) bond motifs is 7. The normalized spacial score (nSPS) is 31.4. The van der Waals surface area contributed by atoms with Crippen LogP contribution >= 0.6 is 27.5 Å². The Morgan fingerprint density at radius 2 is 1.97 bits per heavy atom. The molecule has 8 heteroatoms. The zero-order valence-corrected chi connectivity index (χ0v) is 19.0. The number of rotatable bonds is 1. The summed E-state index contributed by atoms with van der Waals surface area (Å²) in [7, 11) is 0. The van der Waals surface area contributed by atoms with Gasteiger partial charge in [-0.15, -0.1) is 0 Å². The third kappa shape index (κ3) is 2.24. The van der Waals surface area contributed by atoms with Crippen molar-refractivity contribution in [1.82, 2.24) is 4.90 Å². The SMILES string of the molecule is Cc1c(Cl)ccc2c1NC(=O)[C@@]21[C@@H]2C(=O)N(c3cccc(Br)c3)C(=O)[C@@H]2[C@@H]2CCCN21. The predicted octanol–water partition coefficient (Wildman–Crippen LogP) is 3.84. The molecule has 1 spiro atoms. The summed E-state index contributed by atoms with van der Waals surface area (Å²) in [6, 6.07) is 10.7. The number of benzene rings is 2. The number of carbonyl (C=O) groups excluding carboxylic acids is 3. The summed E-state index contributed by atoms with van der Waals surface area (Å²) in [5.74, 6) is -2.05. The Labute approximate surface area is 192 Å². The van der Waals surface area contributed by atoms with Gasteiger partial charge in [0.15, 0.2) is 0 Å². The molecule has 0 unspecified atom stereocenters. The summed E-state index contributed by atoms with van der Waals surface area (Å²) in [6.07, 6.45) is 1.69. The van der Waals surface area contributed by atoms with Gasteiger partial charge in [-0.2, -0.15) is 0 Å². The topological polar surface area (TPSA) is 69.7 Å². The van der Waals surface area contributed by atoms with E-state index in [4.69, 9.17) is 11.6 Å². The number of carbonyl (C=O) groups is 3. The summed E-state index contributed by atoms with van der Waals surface area (Å²) in [6.45, 7) is 2.55. The second-order valence-corrected chi connectivity index (χ2v) is 10.0. The molecule has 31 heavy (non-hydrogen) atoms. The number of halogens is 2. The Morgan fingerprint density at radius 1 is 1.16 bits per heavy atom. The van der Waals surface area contributed by atoms with Crippen LogP contribution in [0.25, 0.3) is 0 Å². The Hall–Kier alpha value is -2.22. The summed E-state index contributed by atoms with van der Waals surface area (Å²) in [4.78, 5) is 44.6. The smallest absolute Gasteiger partial charge is 0.250 e. The molecule has 0 aliphatic carbocycles. The first-order valence-corrected chi connectivity index (χ1v) is 11.6. The van der Waals surface area contributed by atoms with Crippen molar-refractivity contribution in [3.8, 4) is 0 Å². The first kappa shape index (κ1) is 19.5. The second kappa shape index (κ2) is 6.40. The Bertz CT molecular complexity index is 1200. The van der Waals surface area contributed by atoms with Gasteiger partial charge in [-0.3, -0.25) is 19.3 Å². The van der Waals surface area contributed by atoms with Crippen molar-refractivity contribution in [3.05, 3.63) is 57.0 Å². The van der Waals surface area contributed by atoms with Gasteiger partial charge in [0.1, 0.15) is 5.54 Å². The van der Waals surface area contributed by atoms with E-state index < -0.39 is 17.4 Å². The fourth-order valence-electron chi connectivity index (χ4n) is 6.26. The molecule has 4 atom stereocenters. The van der Waals surface area contributed by atoms with Gasteiger partial charge in [-0.25, -0.2) is 4.90 Å². The zero-order valence-electron chi connectivity index (χ0n) is 16.7.